The second-order valence-electron chi connectivity index (χ2n) is 7.83. The van der Waals surface area contributed by atoms with Crippen LogP contribution in [0.25, 0.3) is 0 Å². The van der Waals surface area contributed by atoms with Crippen molar-refractivity contribution >= 4 is 0 Å². The molecule has 0 unspecified atom stereocenters. The van der Waals surface area contributed by atoms with Crippen molar-refractivity contribution in [3.8, 4) is 0 Å². The molecule has 0 atom stereocenters. The average molecular weight is 343 g/mol. The smallest absolute Gasteiger partial charge is 0.298 e. The van der Waals surface area contributed by atoms with Crippen LogP contribution in [0.15, 0.2) is 34.0 Å². The van der Waals surface area contributed by atoms with E-state index in [4.69, 9.17) is 0 Å². The minimum Gasteiger partial charge on any atom is -0.298 e. The molecule has 7 nitrogen and oxygen atoms in total. The molecule has 1 fully saturated rings. The van der Waals surface area contributed by atoms with Gasteiger partial charge < -0.3 is 0 Å². The van der Waals surface area contributed by atoms with Gasteiger partial charge in [-0.15, -0.1) is 0 Å². The number of rotatable bonds is 4. The first-order valence-corrected chi connectivity index (χ1v) is 8.56. The summed E-state index contributed by atoms with van der Waals surface area (Å²) in [5.41, 5.74) is 1.51. The van der Waals surface area contributed by atoms with Crippen LogP contribution in [0.3, 0.4) is 0 Å². The van der Waals surface area contributed by atoms with Gasteiger partial charge in [-0.3, -0.25) is 14.3 Å². The maximum Gasteiger partial charge on any atom is 0.347 e. The van der Waals surface area contributed by atoms with Gasteiger partial charge in [0, 0.05) is 56.0 Å². The van der Waals surface area contributed by atoms with Crippen molar-refractivity contribution in [1.29, 1.82) is 0 Å². The first kappa shape index (κ1) is 17.5. The van der Waals surface area contributed by atoms with E-state index in [0.717, 1.165) is 31.0 Å². The summed E-state index contributed by atoms with van der Waals surface area (Å²) in [7, 11) is 1.74. The van der Waals surface area contributed by atoms with Gasteiger partial charge >= 0.3 is 5.69 Å². The molecule has 1 aliphatic heterocycles. The summed E-state index contributed by atoms with van der Waals surface area (Å²) in [6, 6.07) is 5.29. The molecule has 2 aromatic heterocycles. The highest BCUT2D eigenvalue weighted by atomic mass is 16.1. The summed E-state index contributed by atoms with van der Waals surface area (Å²) < 4.78 is 3.16. The molecule has 134 valence electrons. The van der Waals surface area contributed by atoms with Crippen LogP contribution in [0, 0.1) is 5.92 Å². The number of hydrogen-bond acceptors (Lipinski definition) is 5. The van der Waals surface area contributed by atoms with Crippen LogP contribution in [0.1, 0.15) is 32.2 Å². The summed E-state index contributed by atoms with van der Waals surface area (Å²) in [5, 5.41) is 4.53. The Labute approximate surface area is 146 Å². The van der Waals surface area contributed by atoms with E-state index in [1.54, 1.807) is 28.6 Å². The number of hydrogen-bond donors (Lipinski definition) is 0. The summed E-state index contributed by atoms with van der Waals surface area (Å²) in [4.78, 5) is 29.6. The Hall–Kier alpha value is -2.28. The fourth-order valence-electron chi connectivity index (χ4n) is 3.04. The second-order valence-corrected chi connectivity index (χ2v) is 7.83. The second kappa shape index (κ2) is 6.55. The molecule has 7 heteroatoms. The van der Waals surface area contributed by atoms with Crippen LogP contribution in [0.4, 0.5) is 0 Å². The van der Waals surface area contributed by atoms with E-state index in [0.29, 0.717) is 12.5 Å². The largest absolute Gasteiger partial charge is 0.347 e. The molecular formula is C18H25N5O2. The van der Waals surface area contributed by atoms with E-state index in [2.05, 4.69) is 35.8 Å². The van der Waals surface area contributed by atoms with Crippen molar-refractivity contribution in [2.75, 3.05) is 13.1 Å². The van der Waals surface area contributed by atoms with Crippen LogP contribution < -0.4 is 11.2 Å². The molecule has 1 saturated heterocycles. The lowest BCUT2D eigenvalue weighted by Crippen LogP contribution is -2.49. The molecule has 0 spiro atoms. The van der Waals surface area contributed by atoms with Crippen molar-refractivity contribution in [3.63, 3.8) is 0 Å². The molecule has 3 rings (SSSR count). The first-order chi connectivity index (χ1) is 11.7. The predicted octanol–water partition coefficient (Wildman–Crippen LogP) is 0.766. The number of nitrogens with zero attached hydrogens (tertiary/aromatic N) is 5. The molecule has 0 amide bonds. The molecule has 1 aliphatic rings. The third-order valence-electron chi connectivity index (χ3n) is 4.65. The lowest BCUT2D eigenvalue weighted by atomic mass is 9.92. The summed E-state index contributed by atoms with van der Waals surface area (Å²) >= 11 is 0. The highest BCUT2D eigenvalue weighted by molar-refractivity contribution is 5.10. The minimum atomic E-state index is -0.232. The van der Waals surface area contributed by atoms with Crippen LogP contribution in [0.2, 0.25) is 0 Å². The monoisotopic (exact) mass is 343 g/mol. The third kappa shape index (κ3) is 3.87. The van der Waals surface area contributed by atoms with Gasteiger partial charge in [0.05, 0.1) is 12.2 Å². The molecule has 25 heavy (non-hydrogen) atoms. The van der Waals surface area contributed by atoms with E-state index in [9.17, 15) is 9.59 Å². The van der Waals surface area contributed by atoms with Gasteiger partial charge in [0.25, 0.3) is 5.56 Å². The normalized spacial score (nSPS) is 16.0. The van der Waals surface area contributed by atoms with Crippen molar-refractivity contribution in [1.82, 2.24) is 24.2 Å². The number of aromatic nitrogens is 4. The molecule has 0 aromatic carbocycles. The van der Waals surface area contributed by atoms with Crippen LogP contribution in [0.5, 0.6) is 0 Å². The average Bonchev–Trinajstić information content (AvgIpc) is 2.50. The SMILES string of the molecule is Cn1c(CN2CC(Cn3nc(C(C)(C)C)ccc3=O)C2)ccnc1=O. The lowest BCUT2D eigenvalue weighted by molar-refractivity contribution is 0.0738. The molecule has 0 bridgehead atoms. The maximum absolute atomic E-state index is 12.1. The number of likely N-dealkylation sites (tertiary alicyclic amines) is 1. The zero-order chi connectivity index (χ0) is 18.2. The summed E-state index contributed by atoms with van der Waals surface area (Å²) in [6.07, 6.45) is 1.55. The third-order valence-corrected chi connectivity index (χ3v) is 4.65. The maximum atomic E-state index is 12.1. The van der Waals surface area contributed by atoms with Gasteiger partial charge in [-0.05, 0) is 12.1 Å². The van der Waals surface area contributed by atoms with Gasteiger partial charge in [-0.25, -0.2) is 14.5 Å². The Balaban J connectivity index is 1.62. The highest BCUT2D eigenvalue weighted by Gasteiger charge is 2.28. The highest BCUT2D eigenvalue weighted by Crippen LogP contribution is 2.21. The fourth-order valence-corrected chi connectivity index (χ4v) is 3.04. The van der Waals surface area contributed by atoms with E-state index >= 15 is 0 Å². The van der Waals surface area contributed by atoms with E-state index in [-0.39, 0.29) is 16.7 Å². The molecule has 3 heterocycles. The predicted molar refractivity (Wildman–Crippen MR) is 95.4 cm³/mol. The van der Waals surface area contributed by atoms with Crippen LogP contribution in [-0.2, 0) is 25.6 Å². The van der Waals surface area contributed by atoms with Gasteiger partial charge in [0.2, 0.25) is 0 Å². The Morgan fingerprint density at radius 1 is 1.16 bits per heavy atom. The Kier molecular flexibility index (Phi) is 4.60. The van der Waals surface area contributed by atoms with Gasteiger partial charge in [-0.2, -0.15) is 5.10 Å². The summed E-state index contributed by atoms with van der Waals surface area (Å²) in [6.45, 7) is 9.41. The van der Waals surface area contributed by atoms with Crippen LogP contribution >= 0.6 is 0 Å². The van der Waals surface area contributed by atoms with Gasteiger partial charge in [0.1, 0.15) is 0 Å². The van der Waals surface area contributed by atoms with Crippen molar-refractivity contribution in [3.05, 3.63) is 56.6 Å². The fraction of sp³-hybridized carbons (Fsp3) is 0.556. The Morgan fingerprint density at radius 2 is 1.88 bits per heavy atom. The lowest BCUT2D eigenvalue weighted by Gasteiger charge is -2.39. The quantitative estimate of drug-likeness (QED) is 0.820. The van der Waals surface area contributed by atoms with Gasteiger partial charge in [-0.1, -0.05) is 20.8 Å². The topological polar surface area (TPSA) is 73.0 Å². The molecule has 0 radical (unpaired) electrons. The van der Waals surface area contributed by atoms with E-state index in [1.807, 2.05) is 12.1 Å². The van der Waals surface area contributed by atoms with E-state index in [1.165, 1.54) is 0 Å². The molecule has 0 aliphatic carbocycles. The standard InChI is InChI=1S/C18H25N5O2/c1-18(2,3)15-5-6-16(24)23(20-15)11-13-9-22(10-13)12-14-7-8-19-17(25)21(14)4/h5-8,13H,9-12H2,1-4H3. The minimum absolute atomic E-state index is 0.0528. The van der Waals surface area contributed by atoms with Crippen molar-refractivity contribution in [2.45, 2.75) is 39.3 Å². The summed E-state index contributed by atoms with van der Waals surface area (Å²) in [5.74, 6) is 0.402. The van der Waals surface area contributed by atoms with Gasteiger partial charge in [0.15, 0.2) is 0 Å². The zero-order valence-electron chi connectivity index (χ0n) is 15.3. The zero-order valence-corrected chi connectivity index (χ0v) is 15.3. The Bertz CT molecular complexity index is 872. The molecule has 0 N–H and O–H groups in total. The molecular weight excluding hydrogens is 318 g/mol. The first-order valence-electron chi connectivity index (χ1n) is 8.56. The van der Waals surface area contributed by atoms with Crippen molar-refractivity contribution in [2.24, 2.45) is 13.0 Å². The van der Waals surface area contributed by atoms with E-state index < -0.39 is 0 Å². The molecule has 0 saturated carbocycles. The molecule has 2 aromatic rings. The van der Waals surface area contributed by atoms with Crippen LogP contribution in [-0.4, -0.2) is 37.3 Å². The van der Waals surface area contributed by atoms with Crippen molar-refractivity contribution < 1.29 is 0 Å². The Morgan fingerprint density at radius 3 is 2.56 bits per heavy atom.